The van der Waals surface area contributed by atoms with Gasteiger partial charge in [0, 0.05) is 28.5 Å². The molecule has 0 aliphatic carbocycles. The number of rotatable bonds is 2. The number of carbonyl (C=O) groups excluding carboxylic acids is 1. The Morgan fingerprint density at radius 3 is 2.64 bits per heavy atom. The lowest BCUT2D eigenvalue weighted by Gasteiger charge is -2.24. The number of benzene rings is 2. The van der Waals surface area contributed by atoms with Crippen molar-refractivity contribution in [3.63, 3.8) is 0 Å². The molecular weight excluding hydrogens is 348 g/mol. The minimum Gasteiger partial charge on any atom is -0.310 e. The van der Waals surface area contributed by atoms with Crippen LogP contribution in [0.15, 0.2) is 48.7 Å². The molecule has 0 saturated carbocycles. The fraction of sp³-hybridized carbons (Fsp3) is 0.111. The number of carbonyl (C=O) groups is 1. The topological polar surface area (TPSA) is 46.9 Å². The van der Waals surface area contributed by atoms with Gasteiger partial charge in [0.2, 0.25) is 5.91 Å². The maximum absolute atomic E-state index is 14.3. The molecule has 0 bridgehead atoms. The maximum Gasteiger partial charge on any atom is 0.226 e. The minimum absolute atomic E-state index is 0.0722. The van der Waals surface area contributed by atoms with Crippen LogP contribution in [0.4, 0.5) is 14.6 Å². The van der Waals surface area contributed by atoms with E-state index >= 15 is 0 Å². The fourth-order valence-corrected chi connectivity index (χ4v) is 3.39. The quantitative estimate of drug-likeness (QED) is 0.742. The third-order valence-corrected chi connectivity index (χ3v) is 4.57. The van der Waals surface area contributed by atoms with Gasteiger partial charge in [-0.25, -0.2) is 13.5 Å². The SMILES string of the molecule is O=C1CC(c2c(F)cccc2Cl)c2cnn(-c3ccc(F)cc3)c2N1. The van der Waals surface area contributed by atoms with Crippen molar-refractivity contribution in [1.29, 1.82) is 0 Å². The van der Waals surface area contributed by atoms with E-state index in [0.717, 1.165) is 0 Å². The number of nitrogens with zero attached hydrogens (tertiary/aromatic N) is 2. The van der Waals surface area contributed by atoms with Gasteiger partial charge in [0.25, 0.3) is 0 Å². The number of halogens is 3. The number of nitrogens with one attached hydrogen (secondary N) is 1. The molecule has 4 rings (SSSR count). The molecule has 2 heterocycles. The summed E-state index contributed by atoms with van der Waals surface area (Å²) < 4.78 is 29.0. The first-order chi connectivity index (χ1) is 12.0. The monoisotopic (exact) mass is 359 g/mol. The number of fused-ring (bicyclic) bond motifs is 1. The molecule has 7 heteroatoms. The van der Waals surface area contributed by atoms with Crippen molar-refractivity contribution in [3.05, 3.63) is 76.4 Å². The van der Waals surface area contributed by atoms with Crippen LogP contribution in [0.2, 0.25) is 5.02 Å². The van der Waals surface area contributed by atoms with Crippen LogP contribution < -0.4 is 5.32 Å². The summed E-state index contributed by atoms with van der Waals surface area (Å²) in [7, 11) is 0. The zero-order valence-corrected chi connectivity index (χ0v) is 13.6. The molecule has 1 aromatic heterocycles. The van der Waals surface area contributed by atoms with Crippen molar-refractivity contribution in [2.24, 2.45) is 0 Å². The molecule has 3 aromatic rings. The molecule has 2 aromatic carbocycles. The van der Waals surface area contributed by atoms with Crippen molar-refractivity contribution >= 4 is 23.3 Å². The first kappa shape index (κ1) is 15.8. The Morgan fingerprint density at radius 1 is 1.16 bits per heavy atom. The molecule has 1 atom stereocenters. The van der Waals surface area contributed by atoms with E-state index in [0.29, 0.717) is 17.1 Å². The Labute approximate surface area is 147 Å². The Kier molecular flexibility index (Phi) is 3.77. The molecule has 25 heavy (non-hydrogen) atoms. The van der Waals surface area contributed by atoms with Crippen LogP contribution in [0.5, 0.6) is 0 Å². The second-order valence-corrected chi connectivity index (χ2v) is 6.18. The van der Waals surface area contributed by atoms with E-state index in [2.05, 4.69) is 10.4 Å². The molecular formula is C18H12ClF2N3O. The molecule has 0 radical (unpaired) electrons. The smallest absolute Gasteiger partial charge is 0.226 e. The maximum atomic E-state index is 14.3. The van der Waals surface area contributed by atoms with E-state index in [1.165, 1.54) is 28.9 Å². The summed E-state index contributed by atoms with van der Waals surface area (Å²) >= 11 is 6.18. The lowest BCUT2D eigenvalue weighted by molar-refractivity contribution is -0.116. The van der Waals surface area contributed by atoms with Gasteiger partial charge in [-0.1, -0.05) is 17.7 Å². The summed E-state index contributed by atoms with van der Waals surface area (Å²) in [6, 6.07) is 10.1. The van der Waals surface area contributed by atoms with Crippen LogP contribution in [0.3, 0.4) is 0 Å². The van der Waals surface area contributed by atoms with Gasteiger partial charge in [0.05, 0.1) is 11.9 Å². The molecule has 1 amide bonds. The van der Waals surface area contributed by atoms with Crippen LogP contribution in [-0.4, -0.2) is 15.7 Å². The molecule has 1 N–H and O–H groups in total. The zero-order valence-electron chi connectivity index (χ0n) is 12.8. The van der Waals surface area contributed by atoms with E-state index in [4.69, 9.17) is 11.6 Å². The van der Waals surface area contributed by atoms with Crippen LogP contribution >= 0.6 is 11.6 Å². The highest BCUT2D eigenvalue weighted by atomic mass is 35.5. The highest BCUT2D eigenvalue weighted by molar-refractivity contribution is 6.31. The summed E-state index contributed by atoms with van der Waals surface area (Å²) in [4.78, 5) is 12.2. The molecule has 126 valence electrons. The molecule has 0 fully saturated rings. The second-order valence-electron chi connectivity index (χ2n) is 5.78. The first-order valence-corrected chi connectivity index (χ1v) is 8.00. The van der Waals surface area contributed by atoms with Gasteiger partial charge < -0.3 is 5.32 Å². The Bertz CT molecular complexity index is 949. The summed E-state index contributed by atoms with van der Waals surface area (Å²) in [5.41, 5.74) is 1.53. The van der Waals surface area contributed by atoms with E-state index in [1.54, 1.807) is 24.4 Å². The number of amides is 1. The van der Waals surface area contributed by atoms with Crippen molar-refractivity contribution in [1.82, 2.24) is 9.78 Å². The third kappa shape index (κ3) is 2.68. The average molecular weight is 360 g/mol. The van der Waals surface area contributed by atoms with Gasteiger partial charge >= 0.3 is 0 Å². The van der Waals surface area contributed by atoms with Gasteiger partial charge in [0.15, 0.2) is 0 Å². The predicted molar refractivity (Wildman–Crippen MR) is 90.0 cm³/mol. The molecule has 1 aliphatic rings. The number of aromatic nitrogens is 2. The van der Waals surface area contributed by atoms with E-state index in [9.17, 15) is 13.6 Å². The zero-order chi connectivity index (χ0) is 17.6. The number of hydrogen-bond donors (Lipinski definition) is 1. The van der Waals surface area contributed by atoms with Gasteiger partial charge in [-0.3, -0.25) is 4.79 Å². The third-order valence-electron chi connectivity index (χ3n) is 4.24. The summed E-state index contributed by atoms with van der Waals surface area (Å²) in [5, 5.41) is 7.31. The lowest BCUT2D eigenvalue weighted by atomic mass is 9.87. The van der Waals surface area contributed by atoms with E-state index < -0.39 is 11.7 Å². The van der Waals surface area contributed by atoms with Gasteiger partial charge in [0.1, 0.15) is 17.5 Å². The van der Waals surface area contributed by atoms with Crippen LogP contribution in [-0.2, 0) is 4.79 Å². The van der Waals surface area contributed by atoms with Crippen molar-refractivity contribution in [2.75, 3.05) is 5.32 Å². The van der Waals surface area contributed by atoms with Crippen molar-refractivity contribution < 1.29 is 13.6 Å². The number of anilines is 1. The van der Waals surface area contributed by atoms with Crippen molar-refractivity contribution in [2.45, 2.75) is 12.3 Å². The minimum atomic E-state index is -0.536. The largest absolute Gasteiger partial charge is 0.310 e. The lowest BCUT2D eigenvalue weighted by Crippen LogP contribution is -2.25. The Balaban J connectivity index is 1.86. The number of hydrogen-bond acceptors (Lipinski definition) is 2. The standard InChI is InChI=1S/C18H12ClF2N3O/c19-14-2-1-3-15(21)17(14)12-8-16(25)23-18-13(12)9-22-24(18)11-6-4-10(20)5-7-11/h1-7,9,12H,8H2,(H,23,25). The molecule has 1 aliphatic heterocycles. The Morgan fingerprint density at radius 2 is 1.92 bits per heavy atom. The second kappa shape index (κ2) is 5.97. The summed E-state index contributed by atoms with van der Waals surface area (Å²) in [6.45, 7) is 0. The van der Waals surface area contributed by atoms with E-state index in [-0.39, 0.29) is 28.7 Å². The molecule has 0 saturated heterocycles. The summed E-state index contributed by atoms with van der Waals surface area (Å²) in [6.07, 6.45) is 1.65. The summed E-state index contributed by atoms with van der Waals surface area (Å²) in [5.74, 6) is -1.20. The normalized spacial score (nSPS) is 16.4. The molecule has 1 unspecified atom stereocenters. The highest BCUT2D eigenvalue weighted by Crippen LogP contribution is 2.41. The van der Waals surface area contributed by atoms with Gasteiger partial charge in [-0.2, -0.15) is 5.10 Å². The molecule has 0 spiro atoms. The first-order valence-electron chi connectivity index (χ1n) is 7.62. The average Bonchev–Trinajstić information content (AvgIpc) is 2.99. The van der Waals surface area contributed by atoms with Crippen LogP contribution in [0.1, 0.15) is 23.5 Å². The molecule has 4 nitrogen and oxygen atoms in total. The van der Waals surface area contributed by atoms with Gasteiger partial charge in [-0.15, -0.1) is 0 Å². The fourth-order valence-electron chi connectivity index (χ4n) is 3.10. The van der Waals surface area contributed by atoms with E-state index in [1.807, 2.05) is 0 Å². The van der Waals surface area contributed by atoms with Crippen LogP contribution in [0, 0.1) is 11.6 Å². The van der Waals surface area contributed by atoms with Gasteiger partial charge in [-0.05, 0) is 36.4 Å². The Hall–Kier alpha value is -2.73. The van der Waals surface area contributed by atoms with Crippen LogP contribution in [0.25, 0.3) is 5.69 Å². The highest BCUT2D eigenvalue weighted by Gasteiger charge is 2.33. The predicted octanol–water partition coefficient (Wildman–Crippen LogP) is 4.28. The van der Waals surface area contributed by atoms with Crippen molar-refractivity contribution in [3.8, 4) is 5.69 Å².